The first-order valence-electron chi connectivity index (χ1n) is 10.5. The van der Waals surface area contributed by atoms with Crippen molar-refractivity contribution < 1.29 is 4.79 Å². The van der Waals surface area contributed by atoms with Gasteiger partial charge in [-0.3, -0.25) is 4.79 Å². The lowest BCUT2D eigenvalue weighted by Gasteiger charge is -2.56. The number of amides is 1. The minimum atomic E-state index is 0.00693. The third kappa shape index (κ3) is 2.91. The Kier molecular flexibility index (Phi) is 4.43. The molecule has 5 fully saturated rings. The zero-order valence-corrected chi connectivity index (χ0v) is 15.8. The summed E-state index contributed by atoms with van der Waals surface area (Å²) in [6.07, 6.45) is 15.6. The number of likely N-dealkylation sites (N-methyl/N-ethyl adjacent to an activating group) is 1. The Labute approximate surface area is 147 Å². The zero-order valence-electron chi connectivity index (χ0n) is 15.8. The third-order valence-electron chi connectivity index (χ3n) is 8.08. The van der Waals surface area contributed by atoms with Crippen molar-refractivity contribution in [3.05, 3.63) is 0 Å². The van der Waals surface area contributed by atoms with Crippen LogP contribution in [-0.4, -0.2) is 37.0 Å². The smallest absolute Gasteiger partial charge is 0.226 e. The van der Waals surface area contributed by atoms with E-state index in [2.05, 4.69) is 24.3 Å². The van der Waals surface area contributed by atoms with E-state index in [0.29, 0.717) is 5.91 Å². The fourth-order valence-corrected chi connectivity index (χ4v) is 6.99. The molecule has 0 unspecified atom stereocenters. The zero-order chi connectivity index (χ0) is 16.8. The van der Waals surface area contributed by atoms with E-state index in [-0.39, 0.29) is 11.0 Å². The molecule has 4 bridgehead atoms. The van der Waals surface area contributed by atoms with Crippen molar-refractivity contribution >= 4 is 5.91 Å². The molecular weight excluding hydrogens is 296 g/mol. The summed E-state index contributed by atoms with van der Waals surface area (Å²) in [6, 6.07) is 0. The summed E-state index contributed by atoms with van der Waals surface area (Å²) in [6.45, 7) is 0.862. The van der Waals surface area contributed by atoms with Crippen LogP contribution in [0.2, 0.25) is 0 Å². The molecule has 0 spiro atoms. The molecule has 24 heavy (non-hydrogen) atoms. The number of nitrogens with zero attached hydrogens (tertiary/aromatic N) is 1. The predicted molar refractivity (Wildman–Crippen MR) is 97.7 cm³/mol. The average molecular weight is 333 g/mol. The SMILES string of the molecule is CN(C)C1(CNC(=O)C23CC4CC(CC(C4)C2)C3)CCCCCC1. The number of hydrogen-bond donors (Lipinski definition) is 1. The molecule has 1 N–H and O–H groups in total. The maximum Gasteiger partial charge on any atom is 0.226 e. The van der Waals surface area contributed by atoms with Crippen LogP contribution in [0.3, 0.4) is 0 Å². The lowest BCUT2D eigenvalue weighted by atomic mass is 9.49. The van der Waals surface area contributed by atoms with Crippen LogP contribution in [0.25, 0.3) is 0 Å². The van der Waals surface area contributed by atoms with E-state index in [9.17, 15) is 4.79 Å². The molecule has 5 saturated carbocycles. The third-order valence-corrected chi connectivity index (χ3v) is 8.08. The Balaban J connectivity index is 1.44. The molecule has 136 valence electrons. The van der Waals surface area contributed by atoms with E-state index in [4.69, 9.17) is 0 Å². The van der Waals surface area contributed by atoms with Crippen molar-refractivity contribution in [2.24, 2.45) is 23.2 Å². The molecule has 5 aliphatic carbocycles. The number of nitrogens with one attached hydrogen (secondary N) is 1. The molecule has 0 radical (unpaired) electrons. The van der Waals surface area contributed by atoms with E-state index in [0.717, 1.165) is 24.3 Å². The fraction of sp³-hybridized carbons (Fsp3) is 0.952. The van der Waals surface area contributed by atoms with Crippen molar-refractivity contribution in [1.29, 1.82) is 0 Å². The lowest BCUT2D eigenvalue weighted by Crippen LogP contribution is -2.58. The maximum atomic E-state index is 13.3. The van der Waals surface area contributed by atoms with Gasteiger partial charge in [0.25, 0.3) is 0 Å². The van der Waals surface area contributed by atoms with Gasteiger partial charge >= 0.3 is 0 Å². The highest BCUT2D eigenvalue weighted by atomic mass is 16.2. The van der Waals surface area contributed by atoms with Gasteiger partial charge in [-0.15, -0.1) is 0 Å². The number of hydrogen-bond acceptors (Lipinski definition) is 2. The van der Waals surface area contributed by atoms with Crippen LogP contribution >= 0.6 is 0 Å². The predicted octanol–water partition coefficient (Wildman–Crippen LogP) is 3.97. The van der Waals surface area contributed by atoms with Crippen LogP contribution < -0.4 is 5.32 Å². The number of rotatable bonds is 4. The topological polar surface area (TPSA) is 32.3 Å². The van der Waals surface area contributed by atoms with Crippen LogP contribution in [-0.2, 0) is 4.79 Å². The van der Waals surface area contributed by atoms with Crippen molar-refractivity contribution in [3.63, 3.8) is 0 Å². The van der Waals surface area contributed by atoms with Gasteiger partial charge in [0.15, 0.2) is 0 Å². The highest BCUT2D eigenvalue weighted by Crippen LogP contribution is 2.60. The van der Waals surface area contributed by atoms with Crippen molar-refractivity contribution in [2.45, 2.75) is 82.6 Å². The molecular formula is C21H36N2O. The summed E-state index contributed by atoms with van der Waals surface area (Å²) in [5, 5.41) is 3.48. The molecule has 3 nitrogen and oxygen atoms in total. The Morgan fingerprint density at radius 3 is 1.88 bits per heavy atom. The molecule has 5 rings (SSSR count). The van der Waals surface area contributed by atoms with Crippen LogP contribution in [0, 0.1) is 23.2 Å². The first kappa shape index (κ1) is 16.9. The second-order valence-corrected chi connectivity index (χ2v) is 9.91. The summed E-state index contributed by atoms with van der Waals surface area (Å²) in [4.78, 5) is 15.7. The molecule has 1 amide bonds. The van der Waals surface area contributed by atoms with Gasteiger partial charge in [-0.25, -0.2) is 0 Å². The van der Waals surface area contributed by atoms with Crippen molar-refractivity contribution in [2.75, 3.05) is 20.6 Å². The van der Waals surface area contributed by atoms with Gasteiger partial charge in [0.2, 0.25) is 5.91 Å². The highest BCUT2D eigenvalue weighted by Gasteiger charge is 2.54. The fourth-order valence-electron chi connectivity index (χ4n) is 6.99. The Morgan fingerprint density at radius 2 is 1.42 bits per heavy atom. The van der Waals surface area contributed by atoms with Crippen LogP contribution in [0.15, 0.2) is 0 Å². The normalized spacial score (nSPS) is 40.5. The van der Waals surface area contributed by atoms with Gasteiger partial charge in [0.1, 0.15) is 0 Å². The average Bonchev–Trinajstić information content (AvgIpc) is 2.78. The molecule has 0 saturated heterocycles. The summed E-state index contributed by atoms with van der Waals surface area (Å²) in [5.74, 6) is 2.96. The largest absolute Gasteiger partial charge is 0.354 e. The van der Waals surface area contributed by atoms with E-state index >= 15 is 0 Å². The molecule has 0 atom stereocenters. The van der Waals surface area contributed by atoms with Gasteiger partial charge in [-0.1, -0.05) is 25.7 Å². The van der Waals surface area contributed by atoms with Crippen LogP contribution in [0.1, 0.15) is 77.0 Å². The van der Waals surface area contributed by atoms with Gasteiger partial charge in [-0.05, 0) is 83.2 Å². The Morgan fingerprint density at radius 1 is 0.917 bits per heavy atom. The maximum absolute atomic E-state index is 13.3. The van der Waals surface area contributed by atoms with E-state index in [1.54, 1.807) is 0 Å². The lowest BCUT2D eigenvalue weighted by molar-refractivity contribution is -0.146. The van der Waals surface area contributed by atoms with Gasteiger partial charge in [0, 0.05) is 17.5 Å². The van der Waals surface area contributed by atoms with Crippen LogP contribution in [0.5, 0.6) is 0 Å². The molecule has 0 heterocycles. The van der Waals surface area contributed by atoms with Crippen molar-refractivity contribution in [1.82, 2.24) is 10.2 Å². The second kappa shape index (κ2) is 6.30. The van der Waals surface area contributed by atoms with E-state index < -0.39 is 0 Å². The van der Waals surface area contributed by atoms with E-state index in [1.807, 2.05) is 0 Å². The first-order valence-corrected chi connectivity index (χ1v) is 10.5. The quantitative estimate of drug-likeness (QED) is 0.790. The molecule has 3 heteroatoms. The number of carbonyl (C=O) groups is 1. The Bertz CT molecular complexity index is 441. The van der Waals surface area contributed by atoms with Crippen LogP contribution in [0.4, 0.5) is 0 Å². The molecule has 0 aliphatic heterocycles. The monoisotopic (exact) mass is 332 g/mol. The van der Waals surface area contributed by atoms with E-state index in [1.165, 1.54) is 77.0 Å². The summed E-state index contributed by atoms with van der Waals surface area (Å²) < 4.78 is 0. The summed E-state index contributed by atoms with van der Waals surface area (Å²) in [7, 11) is 4.42. The number of carbonyl (C=O) groups excluding carboxylic acids is 1. The van der Waals surface area contributed by atoms with Gasteiger partial charge < -0.3 is 10.2 Å². The standard InChI is InChI=1S/C21H36N2O/c1-23(2)21(7-5-3-4-6-8-21)15-22-19(24)20-12-16-9-17(13-20)11-18(10-16)14-20/h16-18H,3-15H2,1-2H3,(H,22,24). The summed E-state index contributed by atoms with van der Waals surface area (Å²) in [5.41, 5.74) is 0.196. The van der Waals surface area contributed by atoms with Gasteiger partial charge in [0.05, 0.1) is 0 Å². The summed E-state index contributed by atoms with van der Waals surface area (Å²) >= 11 is 0. The first-order chi connectivity index (χ1) is 11.5. The minimum absolute atomic E-state index is 0.00693. The Hall–Kier alpha value is -0.570. The molecule has 0 aromatic carbocycles. The molecule has 0 aromatic heterocycles. The highest BCUT2D eigenvalue weighted by molar-refractivity contribution is 5.83. The molecule has 5 aliphatic rings. The van der Waals surface area contributed by atoms with Gasteiger partial charge in [-0.2, -0.15) is 0 Å². The minimum Gasteiger partial charge on any atom is -0.354 e. The van der Waals surface area contributed by atoms with Crippen molar-refractivity contribution in [3.8, 4) is 0 Å². The second-order valence-electron chi connectivity index (χ2n) is 9.91. The molecule has 0 aromatic rings.